The third-order valence-electron chi connectivity index (χ3n) is 4.44. The van der Waals surface area contributed by atoms with Crippen molar-refractivity contribution >= 4 is 39.0 Å². The van der Waals surface area contributed by atoms with Gasteiger partial charge in [0.25, 0.3) is 5.91 Å². The number of aromatic nitrogens is 1. The molecular formula is C15H18N4O2S. The van der Waals surface area contributed by atoms with Crippen LogP contribution in [0.4, 0.5) is 11.5 Å². The van der Waals surface area contributed by atoms with Gasteiger partial charge >= 0.3 is 0 Å². The SMILES string of the molecule is NC(=O)c1sc2nc(N3CCCC3)c3c(c2c1N)CCOC3. The largest absolute Gasteiger partial charge is 0.397 e. The van der Waals surface area contributed by atoms with Gasteiger partial charge in [0.1, 0.15) is 15.5 Å². The minimum atomic E-state index is -0.482. The summed E-state index contributed by atoms with van der Waals surface area (Å²) in [6, 6.07) is 0. The van der Waals surface area contributed by atoms with Crippen molar-refractivity contribution in [2.45, 2.75) is 25.9 Å². The third kappa shape index (κ3) is 1.96. The Morgan fingerprint density at radius 2 is 2.05 bits per heavy atom. The molecule has 0 atom stereocenters. The maximum absolute atomic E-state index is 11.6. The van der Waals surface area contributed by atoms with E-state index in [1.54, 1.807) is 0 Å². The van der Waals surface area contributed by atoms with Crippen molar-refractivity contribution in [3.8, 4) is 0 Å². The van der Waals surface area contributed by atoms with Crippen LogP contribution in [-0.4, -0.2) is 30.6 Å². The molecule has 1 fully saturated rings. The summed E-state index contributed by atoms with van der Waals surface area (Å²) in [5.41, 5.74) is 14.4. The number of anilines is 2. The molecule has 4 heterocycles. The van der Waals surface area contributed by atoms with Crippen LogP contribution < -0.4 is 16.4 Å². The Hall–Kier alpha value is -1.86. The first-order valence-electron chi connectivity index (χ1n) is 7.53. The highest BCUT2D eigenvalue weighted by molar-refractivity contribution is 7.21. The van der Waals surface area contributed by atoms with Crippen molar-refractivity contribution in [3.63, 3.8) is 0 Å². The lowest BCUT2D eigenvalue weighted by atomic mass is 9.99. The Labute approximate surface area is 132 Å². The second kappa shape index (κ2) is 5.10. The Balaban J connectivity index is 1.99. The second-order valence-electron chi connectivity index (χ2n) is 5.78. The number of hydrogen-bond donors (Lipinski definition) is 2. The molecule has 116 valence electrons. The molecule has 0 radical (unpaired) electrons. The fraction of sp³-hybridized carbons (Fsp3) is 0.467. The maximum Gasteiger partial charge on any atom is 0.260 e. The second-order valence-corrected chi connectivity index (χ2v) is 6.78. The first-order chi connectivity index (χ1) is 10.7. The Bertz CT molecular complexity index is 765. The van der Waals surface area contributed by atoms with Crippen LogP contribution in [0.5, 0.6) is 0 Å². The van der Waals surface area contributed by atoms with Crippen molar-refractivity contribution in [2.75, 3.05) is 30.3 Å². The van der Waals surface area contributed by atoms with E-state index in [4.69, 9.17) is 21.2 Å². The van der Waals surface area contributed by atoms with E-state index < -0.39 is 5.91 Å². The third-order valence-corrected chi connectivity index (χ3v) is 5.56. The van der Waals surface area contributed by atoms with Gasteiger partial charge in [0.05, 0.1) is 18.9 Å². The Kier molecular flexibility index (Phi) is 3.19. The summed E-state index contributed by atoms with van der Waals surface area (Å²) in [4.78, 5) is 19.9. The van der Waals surface area contributed by atoms with Gasteiger partial charge in [-0.2, -0.15) is 0 Å². The summed E-state index contributed by atoms with van der Waals surface area (Å²) >= 11 is 1.30. The van der Waals surface area contributed by atoms with Gasteiger partial charge in [0, 0.05) is 24.0 Å². The predicted octanol–water partition coefficient (Wildman–Crippen LogP) is 1.65. The number of primary amides is 1. The molecule has 0 aromatic carbocycles. The number of fused-ring (bicyclic) bond motifs is 3. The minimum Gasteiger partial charge on any atom is -0.397 e. The number of thiophene rings is 1. The van der Waals surface area contributed by atoms with Gasteiger partial charge in [-0.25, -0.2) is 4.98 Å². The van der Waals surface area contributed by atoms with Crippen LogP contribution in [0.3, 0.4) is 0 Å². The summed E-state index contributed by atoms with van der Waals surface area (Å²) in [6.45, 7) is 3.28. The first-order valence-corrected chi connectivity index (χ1v) is 8.34. The van der Waals surface area contributed by atoms with E-state index in [-0.39, 0.29) is 0 Å². The fourth-order valence-electron chi connectivity index (χ4n) is 3.40. The minimum absolute atomic E-state index is 0.412. The molecular weight excluding hydrogens is 300 g/mol. The number of rotatable bonds is 2. The van der Waals surface area contributed by atoms with E-state index in [0.717, 1.165) is 41.1 Å². The van der Waals surface area contributed by atoms with E-state index in [1.807, 2.05) is 0 Å². The lowest BCUT2D eigenvalue weighted by Crippen LogP contribution is -2.23. The lowest BCUT2D eigenvalue weighted by Gasteiger charge is -2.25. The van der Waals surface area contributed by atoms with Crippen LogP contribution in [0.2, 0.25) is 0 Å². The molecule has 4 N–H and O–H groups in total. The highest BCUT2D eigenvalue weighted by atomic mass is 32.1. The number of nitrogen functional groups attached to an aromatic ring is 1. The van der Waals surface area contributed by atoms with Crippen LogP contribution >= 0.6 is 11.3 Å². The molecule has 0 unspecified atom stereocenters. The van der Waals surface area contributed by atoms with Gasteiger partial charge in [-0.3, -0.25) is 4.79 Å². The number of carbonyl (C=O) groups excluding carboxylic acids is 1. The van der Waals surface area contributed by atoms with E-state index in [0.29, 0.717) is 23.8 Å². The molecule has 4 rings (SSSR count). The molecule has 0 aliphatic carbocycles. The molecule has 0 spiro atoms. The van der Waals surface area contributed by atoms with Gasteiger partial charge in [-0.1, -0.05) is 0 Å². The molecule has 1 saturated heterocycles. The molecule has 7 heteroatoms. The molecule has 22 heavy (non-hydrogen) atoms. The van der Waals surface area contributed by atoms with Crippen LogP contribution in [0.1, 0.15) is 33.6 Å². The number of ether oxygens (including phenoxy) is 1. The van der Waals surface area contributed by atoms with Crippen LogP contribution in [0.15, 0.2) is 0 Å². The van der Waals surface area contributed by atoms with Crippen LogP contribution in [-0.2, 0) is 17.8 Å². The summed E-state index contributed by atoms with van der Waals surface area (Å²) in [5, 5.41) is 0.903. The molecule has 2 aliphatic rings. The zero-order chi connectivity index (χ0) is 15.3. The Morgan fingerprint density at radius 3 is 2.77 bits per heavy atom. The molecule has 6 nitrogen and oxygen atoms in total. The molecule has 0 saturated carbocycles. The normalized spacial score (nSPS) is 17.9. The van der Waals surface area contributed by atoms with Gasteiger partial charge < -0.3 is 21.1 Å². The number of carbonyl (C=O) groups is 1. The van der Waals surface area contributed by atoms with Crippen molar-refractivity contribution < 1.29 is 9.53 Å². The fourth-order valence-corrected chi connectivity index (χ4v) is 4.37. The van der Waals surface area contributed by atoms with Crippen molar-refractivity contribution in [2.24, 2.45) is 5.73 Å². The zero-order valence-corrected chi connectivity index (χ0v) is 13.0. The monoisotopic (exact) mass is 318 g/mol. The van der Waals surface area contributed by atoms with E-state index in [9.17, 15) is 4.79 Å². The van der Waals surface area contributed by atoms with E-state index >= 15 is 0 Å². The van der Waals surface area contributed by atoms with Gasteiger partial charge in [0.15, 0.2) is 0 Å². The highest BCUT2D eigenvalue weighted by Gasteiger charge is 2.27. The van der Waals surface area contributed by atoms with Gasteiger partial charge in [-0.15, -0.1) is 11.3 Å². The Morgan fingerprint density at radius 1 is 1.27 bits per heavy atom. The quantitative estimate of drug-likeness (QED) is 0.878. The molecule has 2 aromatic heterocycles. The van der Waals surface area contributed by atoms with Crippen molar-refractivity contribution in [3.05, 3.63) is 16.0 Å². The summed E-state index contributed by atoms with van der Waals surface area (Å²) in [7, 11) is 0. The standard InChI is InChI=1S/C15H18N4O2S/c16-11-10-8-3-6-21-7-9(8)14(19-4-1-2-5-19)18-15(10)22-12(11)13(17)20/h1-7,16H2,(H2,17,20). The molecule has 2 aromatic rings. The summed E-state index contributed by atoms with van der Waals surface area (Å²) in [6.07, 6.45) is 3.18. The van der Waals surface area contributed by atoms with Gasteiger partial charge in [-0.05, 0) is 24.8 Å². The van der Waals surface area contributed by atoms with Crippen molar-refractivity contribution in [1.29, 1.82) is 0 Å². The number of amides is 1. The van der Waals surface area contributed by atoms with Gasteiger partial charge in [0.2, 0.25) is 0 Å². The first kappa shape index (κ1) is 13.8. The van der Waals surface area contributed by atoms with E-state index in [1.165, 1.54) is 29.7 Å². The lowest BCUT2D eigenvalue weighted by molar-refractivity contribution is 0.100. The zero-order valence-electron chi connectivity index (χ0n) is 12.2. The number of nitrogens with zero attached hydrogens (tertiary/aromatic N) is 2. The topological polar surface area (TPSA) is 94.5 Å². The smallest absolute Gasteiger partial charge is 0.260 e. The highest BCUT2D eigenvalue weighted by Crippen LogP contribution is 2.41. The number of hydrogen-bond acceptors (Lipinski definition) is 6. The number of nitrogens with two attached hydrogens (primary N) is 2. The molecule has 1 amide bonds. The number of pyridine rings is 1. The molecule has 0 bridgehead atoms. The average Bonchev–Trinajstić information content (AvgIpc) is 3.14. The average molecular weight is 318 g/mol. The summed E-state index contributed by atoms with van der Waals surface area (Å²) < 4.78 is 5.64. The summed E-state index contributed by atoms with van der Waals surface area (Å²) in [5.74, 6) is 0.515. The van der Waals surface area contributed by atoms with Crippen LogP contribution in [0.25, 0.3) is 10.2 Å². The predicted molar refractivity (Wildman–Crippen MR) is 87.4 cm³/mol. The van der Waals surface area contributed by atoms with Crippen molar-refractivity contribution in [1.82, 2.24) is 4.98 Å². The molecule has 2 aliphatic heterocycles. The van der Waals surface area contributed by atoms with Crippen LogP contribution in [0, 0.1) is 0 Å². The van der Waals surface area contributed by atoms with E-state index in [2.05, 4.69) is 4.90 Å². The maximum atomic E-state index is 11.6.